The van der Waals surface area contributed by atoms with E-state index in [9.17, 15) is 8.42 Å². The van der Waals surface area contributed by atoms with Gasteiger partial charge in [-0.2, -0.15) is 0 Å². The second-order valence-corrected chi connectivity index (χ2v) is 7.23. The monoisotopic (exact) mass is 283 g/mol. The number of hydrogen-bond acceptors (Lipinski definition) is 4. The predicted molar refractivity (Wildman–Crippen MR) is 74.8 cm³/mol. The molecule has 1 heterocycles. The maximum atomic E-state index is 11.4. The van der Waals surface area contributed by atoms with Gasteiger partial charge in [0.05, 0.1) is 11.5 Å². The number of nitrogens with one attached hydrogen (secondary N) is 1. The molecule has 1 aromatic rings. The fraction of sp³-hybridized carbons (Fsp3) is 0.571. The fourth-order valence-electron chi connectivity index (χ4n) is 2.25. The molecule has 0 aliphatic carbocycles. The molecule has 1 saturated heterocycles. The normalized spacial score (nSPS) is 21.5. The Hall–Kier alpha value is -0.910. The lowest BCUT2D eigenvalue weighted by Crippen LogP contribution is -2.33. The van der Waals surface area contributed by atoms with E-state index in [0.717, 1.165) is 31.7 Å². The summed E-state index contributed by atoms with van der Waals surface area (Å²) in [6.07, 6.45) is 2.34. The van der Waals surface area contributed by atoms with Crippen LogP contribution in [0.3, 0.4) is 0 Å². The van der Waals surface area contributed by atoms with E-state index in [1.54, 1.807) is 12.1 Å². The zero-order chi connectivity index (χ0) is 13.9. The highest BCUT2D eigenvalue weighted by molar-refractivity contribution is 7.90. The molecule has 2 rings (SSSR count). The zero-order valence-electron chi connectivity index (χ0n) is 11.4. The minimum atomic E-state index is -3.10. The number of sulfone groups is 1. The van der Waals surface area contributed by atoms with Crippen molar-refractivity contribution in [2.24, 2.45) is 5.92 Å². The third-order valence-electron chi connectivity index (χ3n) is 3.65. The van der Waals surface area contributed by atoms with Gasteiger partial charge in [0.1, 0.15) is 0 Å². The van der Waals surface area contributed by atoms with Gasteiger partial charge < -0.3 is 10.1 Å². The summed E-state index contributed by atoms with van der Waals surface area (Å²) in [6, 6.07) is 7.46. The van der Waals surface area contributed by atoms with Crippen molar-refractivity contribution in [1.29, 1.82) is 0 Å². The van der Waals surface area contributed by atoms with Gasteiger partial charge in [-0.3, -0.25) is 0 Å². The van der Waals surface area contributed by atoms with Crippen molar-refractivity contribution in [3.8, 4) is 0 Å². The quantitative estimate of drug-likeness (QED) is 0.892. The molecular formula is C14H21NO3S. The van der Waals surface area contributed by atoms with Crippen molar-refractivity contribution in [1.82, 2.24) is 5.32 Å². The molecule has 2 unspecified atom stereocenters. The molecule has 0 amide bonds. The van der Waals surface area contributed by atoms with Crippen LogP contribution >= 0.6 is 0 Å². The van der Waals surface area contributed by atoms with Gasteiger partial charge in [-0.15, -0.1) is 0 Å². The van der Waals surface area contributed by atoms with Crippen molar-refractivity contribution in [3.05, 3.63) is 29.8 Å². The Bertz CT molecular complexity index is 504. The largest absolute Gasteiger partial charge is 0.381 e. The van der Waals surface area contributed by atoms with Crippen LogP contribution in [-0.2, 0) is 21.1 Å². The van der Waals surface area contributed by atoms with Gasteiger partial charge in [-0.25, -0.2) is 8.42 Å². The number of hydrogen-bond donors (Lipinski definition) is 1. The molecule has 19 heavy (non-hydrogen) atoms. The van der Waals surface area contributed by atoms with E-state index in [1.165, 1.54) is 6.26 Å². The minimum Gasteiger partial charge on any atom is -0.381 e. The topological polar surface area (TPSA) is 55.4 Å². The van der Waals surface area contributed by atoms with Crippen molar-refractivity contribution >= 4 is 9.84 Å². The summed E-state index contributed by atoms with van der Waals surface area (Å²) in [7, 11) is -3.10. The molecule has 0 aromatic heterocycles. The van der Waals surface area contributed by atoms with Crippen LogP contribution in [0.25, 0.3) is 0 Å². The molecule has 1 aliphatic heterocycles. The lowest BCUT2D eigenvalue weighted by atomic mass is 10.0. The van der Waals surface area contributed by atoms with Gasteiger partial charge in [0.25, 0.3) is 0 Å². The van der Waals surface area contributed by atoms with Crippen molar-refractivity contribution < 1.29 is 13.2 Å². The van der Waals surface area contributed by atoms with Gasteiger partial charge in [-0.1, -0.05) is 12.1 Å². The maximum Gasteiger partial charge on any atom is 0.175 e. The highest BCUT2D eigenvalue weighted by Crippen LogP contribution is 2.17. The second kappa shape index (κ2) is 6.03. The molecule has 1 aromatic carbocycles. The van der Waals surface area contributed by atoms with E-state index >= 15 is 0 Å². The molecular weight excluding hydrogens is 262 g/mol. The summed E-state index contributed by atoms with van der Waals surface area (Å²) >= 11 is 0. The van der Waals surface area contributed by atoms with Gasteiger partial charge in [-0.05, 0) is 37.0 Å². The standard InChI is InChI=1S/C14H21NO3S/c1-11(13-7-8-18-10-13)15-9-12-3-5-14(6-4-12)19(2,16)17/h3-6,11,13,15H,7-10H2,1-2H3. The van der Waals surface area contributed by atoms with Gasteiger partial charge in [0.2, 0.25) is 0 Å². The van der Waals surface area contributed by atoms with Crippen LogP contribution in [0.5, 0.6) is 0 Å². The molecule has 1 N–H and O–H groups in total. The van der Waals surface area contributed by atoms with E-state index in [-0.39, 0.29) is 0 Å². The second-order valence-electron chi connectivity index (χ2n) is 5.21. The van der Waals surface area contributed by atoms with Gasteiger partial charge >= 0.3 is 0 Å². The Morgan fingerprint density at radius 1 is 1.37 bits per heavy atom. The first-order valence-corrected chi connectivity index (χ1v) is 8.46. The highest BCUT2D eigenvalue weighted by atomic mass is 32.2. The molecule has 5 heteroatoms. The molecule has 0 spiro atoms. The molecule has 4 nitrogen and oxygen atoms in total. The summed E-state index contributed by atoms with van der Waals surface area (Å²) in [5.74, 6) is 0.579. The van der Waals surface area contributed by atoms with Crippen LogP contribution < -0.4 is 5.32 Å². The average molecular weight is 283 g/mol. The molecule has 0 radical (unpaired) electrons. The smallest absolute Gasteiger partial charge is 0.175 e. The molecule has 1 aliphatic rings. The summed E-state index contributed by atoms with van der Waals surface area (Å²) in [5, 5.41) is 3.47. The van der Waals surface area contributed by atoms with Crippen molar-refractivity contribution in [2.45, 2.75) is 30.8 Å². The number of rotatable bonds is 5. The van der Waals surface area contributed by atoms with Crippen LogP contribution in [0.4, 0.5) is 0 Å². The van der Waals surface area contributed by atoms with Gasteiger partial charge in [0.15, 0.2) is 9.84 Å². The zero-order valence-corrected chi connectivity index (χ0v) is 12.2. The average Bonchev–Trinajstić information content (AvgIpc) is 2.89. The fourth-order valence-corrected chi connectivity index (χ4v) is 2.88. The van der Waals surface area contributed by atoms with Crippen LogP contribution in [0.1, 0.15) is 18.9 Å². The van der Waals surface area contributed by atoms with E-state index < -0.39 is 9.84 Å². The minimum absolute atomic E-state index is 0.369. The first-order chi connectivity index (χ1) is 8.97. The number of ether oxygens (including phenoxy) is 1. The summed E-state index contributed by atoms with van der Waals surface area (Å²) in [6.45, 7) is 4.62. The van der Waals surface area contributed by atoms with Crippen molar-refractivity contribution in [2.75, 3.05) is 19.5 Å². The summed E-state index contributed by atoms with van der Waals surface area (Å²) in [4.78, 5) is 0.369. The first-order valence-electron chi connectivity index (χ1n) is 6.57. The molecule has 1 fully saturated rings. The molecule has 0 bridgehead atoms. The van der Waals surface area contributed by atoms with Crippen LogP contribution in [0, 0.1) is 5.92 Å². The van der Waals surface area contributed by atoms with Crippen LogP contribution in [0.2, 0.25) is 0 Å². The Balaban J connectivity index is 1.89. The van der Waals surface area contributed by atoms with Crippen LogP contribution in [0.15, 0.2) is 29.2 Å². The SMILES string of the molecule is CC(NCc1ccc(S(C)(=O)=O)cc1)C1CCOC1. The third-order valence-corrected chi connectivity index (χ3v) is 4.78. The molecule has 2 atom stereocenters. The van der Waals surface area contributed by atoms with E-state index in [0.29, 0.717) is 16.9 Å². The lowest BCUT2D eigenvalue weighted by Gasteiger charge is -2.19. The Kier molecular flexibility index (Phi) is 4.60. The Labute approximate surface area is 115 Å². The summed E-state index contributed by atoms with van der Waals surface area (Å²) < 4.78 is 28.1. The van der Waals surface area contributed by atoms with E-state index in [4.69, 9.17) is 4.74 Å². The lowest BCUT2D eigenvalue weighted by molar-refractivity contribution is 0.178. The highest BCUT2D eigenvalue weighted by Gasteiger charge is 2.21. The maximum absolute atomic E-state index is 11.4. The van der Waals surface area contributed by atoms with Crippen LogP contribution in [-0.4, -0.2) is 33.9 Å². The molecule has 106 valence electrons. The third kappa shape index (κ3) is 4.03. The van der Waals surface area contributed by atoms with E-state index in [2.05, 4.69) is 12.2 Å². The van der Waals surface area contributed by atoms with E-state index in [1.807, 2.05) is 12.1 Å². The Morgan fingerprint density at radius 2 is 2.05 bits per heavy atom. The molecule has 0 saturated carbocycles. The number of benzene rings is 1. The first kappa shape index (κ1) is 14.5. The Morgan fingerprint density at radius 3 is 2.58 bits per heavy atom. The van der Waals surface area contributed by atoms with Gasteiger partial charge in [0, 0.05) is 25.4 Å². The van der Waals surface area contributed by atoms with Crippen molar-refractivity contribution in [3.63, 3.8) is 0 Å². The predicted octanol–water partition coefficient (Wildman–Crippen LogP) is 1.60. The summed E-state index contributed by atoms with van der Waals surface area (Å²) in [5.41, 5.74) is 1.10.